The molecule has 3 aliphatic rings. The van der Waals surface area contributed by atoms with Gasteiger partial charge in [-0.15, -0.1) is 0 Å². The number of ether oxygens (including phenoxy) is 1. The summed E-state index contributed by atoms with van der Waals surface area (Å²) in [4.78, 5) is 36.0. The monoisotopic (exact) mass is 423 g/mol. The van der Waals surface area contributed by atoms with Crippen LogP contribution in [0.1, 0.15) is 23.5 Å². The highest BCUT2D eigenvalue weighted by Crippen LogP contribution is 2.62. The van der Waals surface area contributed by atoms with Crippen LogP contribution in [-0.2, 0) is 14.3 Å². The van der Waals surface area contributed by atoms with Gasteiger partial charge in [0.05, 0.1) is 12.0 Å². The summed E-state index contributed by atoms with van der Waals surface area (Å²) in [5.74, 6) is -5.26. The molecule has 0 radical (unpaired) electrons. The van der Waals surface area contributed by atoms with Crippen LogP contribution in [0.25, 0.3) is 11.1 Å². The van der Waals surface area contributed by atoms with Crippen molar-refractivity contribution in [3.05, 3.63) is 59.7 Å². The van der Waals surface area contributed by atoms with Gasteiger partial charge < -0.3 is 25.4 Å². The Bertz CT molecular complexity index is 1050. The van der Waals surface area contributed by atoms with Crippen molar-refractivity contribution in [2.45, 2.75) is 24.0 Å². The number of aliphatic hydroxyl groups is 1. The standard InChI is InChI=1S/C23H21NO7/c25-16-9-23(21(28)29,19-17(16)18(19)20(26)27)24-22(30)31-10-15-13-7-3-1-5-11(13)12-6-2-4-8-14(12)15/h1-8,15-19,25H,9-10H2,(H,24,30)(H,26,27)(H,28,29)/t16-,17+,18+,19+,23+/m1/s1. The fraction of sp³-hybridized carbons (Fsp3) is 0.348. The van der Waals surface area contributed by atoms with E-state index in [-0.39, 0.29) is 18.9 Å². The molecule has 5 atom stereocenters. The van der Waals surface area contributed by atoms with E-state index in [4.69, 9.17) is 4.74 Å². The molecule has 1 amide bonds. The first kappa shape index (κ1) is 19.6. The molecule has 2 saturated carbocycles. The van der Waals surface area contributed by atoms with Crippen LogP contribution in [0.15, 0.2) is 48.5 Å². The number of carboxylic acids is 2. The maximum atomic E-state index is 12.6. The number of hydrogen-bond donors (Lipinski definition) is 4. The summed E-state index contributed by atoms with van der Waals surface area (Å²) >= 11 is 0. The van der Waals surface area contributed by atoms with E-state index in [0.717, 1.165) is 22.3 Å². The maximum absolute atomic E-state index is 12.6. The molecular weight excluding hydrogens is 402 g/mol. The number of hydrogen-bond acceptors (Lipinski definition) is 5. The van der Waals surface area contributed by atoms with Crippen LogP contribution < -0.4 is 5.32 Å². The van der Waals surface area contributed by atoms with Crippen LogP contribution in [0.2, 0.25) is 0 Å². The second kappa shape index (κ2) is 6.81. The minimum absolute atomic E-state index is 0.00850. The minimum Gasteiger partial charge on any atom is -0.481 e. The van der Waals surface area contributed by atoms with E-state index in [1.165, 1.54) is 0 Å². The number of aliphatic carboxylic acids is 2. The maximum Gasteiger partial charge on any atom is 0.408 e. The van der Waals surface area contributed by atoms with Gasteiger partial charge in [-0.3, -0.25) is 4.79 Å². The Hall–Kier alpha value is -3.39. The number of carboxylic acid groups (broad SMARTS) is 2. The highest BCUT2D eigenvalue weighted by molar-refractivity contribution is 5.89. The summed E-state index contributed by atoms with van der Waals surface area (Å²) < 4.78 is 5.43. The zero-order valence-electron chi connectivity index (χ0n) is 16.4. The quantitative estimate of drug-likeness (QED) is 0.578. The Kier molecular flexibility index (Phi) is 4.30. The van der Waals surface area contributed by atoms with E-state index in [9.17, 15) is 29.7 Å². The van der Waals surface area contributed by atoms with Crippen molar-refractivity contribution >= 4 is 18.0 Å². The Balaban J connectivity index is 1.34. The highest BCUT2D eigenvalue weighted by atomic mass is 16.5. The van der Waals surface area contributed by atoms with Crippen molar-refractivity contribution in [3.8, 4) is 11.1 Å². The van der Waals surface area contributed by atoms with Crippen LogP contribution >= 0.6 is 0 Å². The van der Waals surface area contributed by atoms with Gasteiger partial charge in [-0.2, -0.15) is 0 Å². The number of fused-ring (bicyclic) bond motifs is 4. The van der Waals surface area contributed by atoms with Gasteiger partial charge in [0.1, 0.15) is 12.1 Å². The molecule has 3 aliphatic carbocycles. The Morgan fingerprint density at radius 2 is 1.58 bits per heavy atom. The molecule has 5 rings (SSSR count). The third-order valence-corrected chi connectivity index (χ3v) is 6.96. The number of carbonyl (C=O) groups excluding carboxylic acids is 1. The smallest absolute Gasteiger partial charge is 0.408 e. The van der Waals surface area contributed by atoms with E-state index in [1.54, 1.807) is 0 Å². The van der Waals surface area contributed by atoms with Crippen LogP contribution in [0.4, 0.5) is 4.79 Å². The van der Waals surface area contributed by atoms with E-state index < -0.39 is 47.4 Å². The van der Waals surface area contributed by atoms with Crippen molar-refractivity contribution in [1.82, 2.24) is 5.32 Å². The molecule has 0 bridgehead atoms. The third kappa shape index (κ3) is 2.82. The topological polar surface area (TPSA) is 133 Å². The minimum atomic E-state index is -1.85. The van der Waals surface area contributed by atoms with Crippen LogP contribution in [0, 0.1) is 17.8 Å². The molecule has 0 spiro atoms. The molecule has 2 fully saturated rings. The molecule has 0 aliphatic heterocycles. The summed E-state index contributed by atoms with van der Waals surface area (Å²) in [6, 6.07) is 15.7. The largest absolute Gasteiger partial charge is 0.481 e. The second-order valence-corrected chi connectivity index (χ2v) is 8.47. The third-order valence-electron chi connectivity index (χ3n) is 6.96. The van der Waals surface area contributed by atoms with Crippen molar-refractivity contribution < 1.29 is 34.4 Å². The van der Waals surface area contributed by atoms with E-state index >= 15 is 0 Å². The zero-order chi connectivity index (χ0) is 21.9. The zero-order valence-corrected chi connectivity index (χ0v) is 16.4. The number of benzene rings is 2. The van der Waals surface area contributed by atoms with Gasteiger partial charge in [-0.05, 0) is 22.3 Å². The lowest BCUT2D eigenvalue weighted by atomic mass is 9.89. The van der Waals surface area contributed by atoms with Crippen LogP contribution in [0.3, 0.4) is 0 Å². The second-order valence-electron chi connectivity index (χ2n) is 8.47. The molecule has 0 aromatic heterocycles. The van der Waals surface area contributed by atoms with Gasteiger partial charge in [0.2, 0.25) is 0 Å². The number of carbonyl (C=O) groups is 3. The summed E-state index contributed by atoms with van der Waals surface area (Å²) in [6.45, 7) is 0.00850. The van der Waals surface area contributed by atoms with E-state index in [0.29, 0.717) is 0 Å². The lowest BCUT2D eigenvalue weighted by Gasteiger charge is -2.29. The Morgan fingerprint density at radius 3 is 2.10 bits per heavy atom. The fourth-order valence-corrected chi connectivity index (χ4v) is 5.60. The van der Waals surface area contributed by atoms with Crippen molar-refractivity contribution in [3.63, 3.8) is 0 Å². The lowest BCUT2D eigenvalue weighted by molar-refractivity contribution is -0.147. The summed E-state index contributed by atoms with van der Waals surface area (Å²) in [5, 5.41) is 31.6. The average Bonchev–Trinajstić information content (AvgIpc) is 3.35. The van der Waals surface area contributed by atoms with Crippen molar-refractivity contribution in [2.24, 2.45) is 17.8 Å². The number of alkyl carbamates (subject to hydrolysis) is 1. The molecule has 0 heterocycles. The highest BCUT2D eigenvalue weighted by Gasteiger charge is 2.75. The molecule has 8 heteroatoms. The van der Waals surface area contributed by atoms with E-state index in [1.807, 2.05) is 48.5 Å². The summed E-state index contributed by atoms with van der Waals surface area (Å²) in [7, 11) is 0. The number of rotatable bonds is 5. The number of aliphatic hydroxyl groups excluding tert-OH is 1. The molecular formula is C23H21NO7. The molecule has 4 N–H and O–H groups in total. The number of amides is 1. The Morgan fingerprint density at radius 1 is 1.00 bits per heavy atom. The van der Waals surface area contributed by atoms with Crippen molar-refractivity contribution in [2.75, 3.05) is 6.61 Å². The molecule has 160 valence electrons. The van der Waals surface area contributed by atoms with E-state index in [2.05, 4.69) is 5.32 Å². The fourth-order valence-electron chi connectivity index (χ4n) is 5.60. The first-order valence-electron chi connectivity index (χ1n) is 10.1. The summed E-state index contributed by atoms with van der Waals surface area (Å²) in [6.07, 6.45) is -2.28. The van der Waals surface area contributed by atoms with Crippen LogP contribution in [-0.4, -0.2) is 51.6 Å². The molecule has 0 unspecified atom stereocenters. The van der Waals surface area contributed by atoms with Crippen LogP contribution in [0.5, 0.6) is 0 Å². The first-order valence-corrected chi connectivity index (χ1v) is 10.1. The van der Waals surface area contributed by atoms with Gasteiger partial charge in [-0.25, -0.2) is 9.59 Å². The van der Waals surface area contributed by atoms with Gasteiger partial charge in [0, 0.05) is 24.2 Å². The predicted octanol–water partition coefficient (Wildman–Crippen LogP) is 2.06. The molecule has 2 aromatic rings. The Labute approximate surface area is 177 Å². The predicted molar refractivity (Wildman–Crippen MR) is 107 cm³/mol. The van der Waals surface area contributed by atoms with Gasteiger partial charge in [0.15, 0.2) is 0 Å². The average molecular weight is 423 g/mol. The SMILES string of the molecule is O=C(N[C@@]1(C(=O)O)C[C@@H](O)[C@H]2[C@H](C(=O)O)[C@H]21)OCC1c2ccccc2-c2ccccc21. The lowest BCUT2D eigenvalue weighted by Crippen LogP contribution is -2.57. The first-order chi connectivity index (χ1) is 14.8. The molecule has 8 nitrogen and oxygen atoms in total. The summed E-state index contributed by atoms with van der Waals surface area (Å²) in [5.41, 5.74) is 2.33. The normalized spacial score (nSPS) is 30.1. The van der Waals surface area contributed by atoms with Gasteiger partial charge in [-0.1, -0.05) is 48.5 Å². The number of nitrogens with one attached hydrogen (secondary N) is 1. The molecule has 31 heavy (non-hydrogen) atoms. The van der Waals surface area contributed by atoms with Gasteiger partial charge in [0.25, 0.3) is 0 Å². The van der Waals surface area contributed by atoms with Crippen molar-refractivity contribution in [1.29, 1.82) is 0 Å². The molecule has 2 aromatic carbocycles. The van der Waals surface area contributed by atoms with Gasteiger partial charge >= 0.3 is 18.0 Å². The molecule has 0 saturated heterocycles.